The second kappa shape index (κ2) is 3.85. The lowest BCUT2D eigenvalue weighted by molar-refractivity contribution is 1.08. The van der Waals surface area contributed by atoms with Crippen LogP contribution in [0.1, 0.15) is 0 Å². The van der Waals surface area contributed by atoms with Crippen LogP contribution in [0, 0.1) is 0 Å². The van der Waals surface area contributed by atoms with Crippen molar-refractivity contribution in [2.75, 3.05) is 5.73 Å². The maximum absolute atomic E-state index is 5.62. The van der Waals surface area contributed by atoms with Gasteiger partial charge in [0, 0.05) is 27.9 Å². The first-order valence-corrected chi connectivity index (χ1v) is 5.89. The average molecular weight is 289 g/mol. The number of fused-ring (bicyclic) bond motifs is 1. The fraction of sp³-hybridized carbons (Fsp3) is 0. The van der Waals surface area contributed by atoms with E-state index < -0.39 is 0 Å². The molecule has 0 saturated heterocycles. The molecular weight excluding hydrogens is 280 g/mol. The van der Waals surface area contributed by atoms with Gasteiger partial charge in [-0.1, -0.05) is 22.0 Å². The average Bonchev–Trinajstić information content (AvgIpc) is 2.71. The Hall–Kier alpha value is -1.88. The topological polar surface area (TPSA) is 56.7 Å². The highest BCUT2D eigenvalue weighted by atomic mass is 79.9. The number of anilines is 1. The van der Waals surface area contributed by atoms with Crippen LogP contribution >= 0.6 is 15.9 Å². The van der Waals surface area contributed by atoms with Crippen LogP contribution in [0.3, 0.4) is 0 Å². The lowest BCUT2D eigenvalue weighted by Crippen LogP contribution is -1.98. The largest absolute Gasteiger partial charge is 0.368 e. The predicted molar refractivity (Wildman–Crippen MR) is 71.0 cm³/mol. The molecule has 17 heavy (non-hydrogen) atoms. The molecule has 4 nitrogen and oxygen atoms in total. The Kier molecular flexibility index (Phi) is 2.33. The fourth-order valence-electron chi connectivity index (χ4n) is 1.77. The molecule has 0 atom stereocenters. The molecule has 2 aromatic heterocycles. The van der Waals surface area contributed by atoms with Crippen molar-refractivity contribution in [1.29, 1.82) is 0 Å². The van der Waals surface area contributed by atoms with E-state index in [1.165, 1.54) is 0 Å². The zero-order chi connectivity index (χ0) is 11.8. The lowest BCUT2D eigenvalue weighted by Gasteiger charge is -2.05. The minimum atomic E-state index is 0.285. The summed E-state index contributed by atoms with van der Waals surface area (Å²) in [6, 6.07) is 9.98. The summed E-state index contributed by atoms with van der Waals surface area (Å²) in [7, 11) is 0. The Morgan fingerprint density at radius 3 is 2.94 bits per heavy atom. The summed E-state index contributed by atoms with van der Waals surface area (Å²) in [6.45, 7) is 0. The van der Waals surface area contributed by atoms with Crippen molar-refractivity contribution in [2.45, 2.75) is 0 Å². The van der Waals surface area contributed by atoms with E-state index in [1.54, 1.807) is 6.20 Å². The minimum Gasteiger partial charge on any atom is -0.368 e. The third-order valence-electron chi connectivity index (χ3n) is 2.53. The van der Waals surface area contributed by atoms with Crippen molar-refractivity contribution in [2.24, 2.45) is 0 Å². The van der Waals surface area contributed by atoms with Gasteiger partial charge in [0.2, 0.25) is 5.95 Å². The molecule has 2 N–H and O–H groups in total. The number of nitrogen functional groups attached to an aromatic ring is 1. The molecule has 0 amide bonds. The van der Waals surface area contributed by atoms with Gasteiger partial charge in [0.15, 0.2) is 0 Å². The van der Waals surface area contributed by atoms with Crippen LogP contribution in [0.4, 0.5) is 5.95 Å². The maximum Gasteiger partial charge on any atom is 0.221 e. The molecule has 0 aliphatic carbocycles. The van der Waals surface area contributed by atoms with Gasteiger partial charge in [-0.3, -0.25) is 0 Å². The monoisotopic (exact) mass is 288 g/mol. The van der Waals surface area contributed by atoms with E-state index in [0.717, 1.165) is 21.2 Å². The SMILES string of the molecule is Nc1ncc2ccn(-c3cccc(Br)c3)c2n1. The van der Waals surface area contributed by atoms with Gasteiger partial charge in [0.1, 0.15) is 5.65 Å². The highest BCUT2D eigenvalue weighted by Gasteiger charge is 2.05. The molecule has 84 valence electrons. The summed E-state index contributed by atoms with van der Waals surface area (Å²) in [5, 5.41) is 0.971. The second-order valence-corrected chi connectivity index (χ2v) is 4.59. The van der Waals surface area contributed by atoms with Gasteiger partial charge < -0.3 is 10.3 Å². The molecule has 0 aliphatic heterocycles. The van der Waals surface area contributed by atoms with Crippen molar-refractivity contribution in [3.63, 3.8) is 0 Å². The molecule has 0 fully saturated rings. The molecule has 0 aliphatic rings. The van der Waals surface area contributed by atoms with E-state index in [0.29, 0.717) is 0 Å². The molecule has 1 aromatic carbocycles. The van der Waals surface area contributed by atoms with E-state index in [-0.39, 0.29) is 5.95 Å². The van der Waals surface area contributed by atoms with E-state index in [9.17, 15) is 0 Å². The number of halogens is 1. The van der Waals surface area contributed by atoms with Crippen LogP contribution in [0.5, 0.6) is 0 Å². The Balaban J connectivity index is 2.27. The van der Waals surface area contributed by atoms with Crippen LogP contribution in [0.25, 0.3) is 16.7 Å². The standard InChI is InChI=1S/C12H9BrN4/c13-9-2-1-3-10(6-9)17-5-4-8-7-15-12(14)16-11(8)17/h1-7H,(H2,14,15,16). The van der Waals surface area contributed by atoms with Crippen LogP contribution in [-0.4, -0.2) is 14.5 Å². The number of nitrogens with zero attached hydrogens (tertiary/aromatic N) is 3. The van der Waals surface area contributed by atoms with Crippen LogP contribution in [-0.2, 0) is 0 Å². The number of hydrogen-bond donors (Lipinski definition) is 1. The summed E-state index contributed by atoms with van der Waals surface area (Å²) in [5.74, 6) is 0.285. The Bertz CT molecular complexity index is 690. The third-order valence-corrected chi connectivity index (χ3v) is 3.03. The number of benzene rings is 1. The van der Waals surface area contributed by atoms with E-state index in [4.69, 9.17) is 5.73 Å². The first-order chi connectivity index (χ1) is 8.24. The Morgan fingerprint density at radius 1 is 1.24 bits per heavy atom. The van der Waals surface area contributed by atoms with Crippen molar-refractivity contribution in [3.8, 4) is 5.69 Å². The van der Waals surface area contributed by atoms with Gasteiger partial charge in [-0.2, -0.15) is 4.98 Å². The smallest absolute Gasteiger partial charge is 0.221 e. The van der Waals surface area contributed by atoms with Gasteiger partial charge in [0.05, 0.1) is 0 Å². The molecule has 3 aromatic rings. The lowest BCUT2D eigenvalue weighted by atomic mass is 10.3. The molecule has 5 heteroatoms. The van der Waals surface area contributed by atoms with Gasteiger partial charge in [0.25, 0.3) is 0 Å². The normalized spacial score (nSPS) is 10.9. The molecule has 2 heterocycles. The highest BCUT2D eigenvalue weighted by molar-refractivity contribution is 9.10. The molecule has 0 saturated carbocycles. The minimum absolute atomic E-state index is 0.285. The van der Waals surface area contributed by atoms with Gasteiger partial charge in [-0.25, -0.2) is 4.98 Å². The fourth-order valence-corrected chi connectivity index (χ4v) is 2.15. The zero-order valence-electron chi connectivity index (χ0n) is 8.84. The maximum atomic E-state index is 5.62. The molecule has 0 unspecified atom stereocenters. The van der Waals surface area contributed by atoms with E-state index >= 15 is 0 Å². The highest BCUT2D eigenvalue weighted by Crippen LogP contribution is 2.21. The number of rotatable bonds is 1. The van der Waals surface area contributed by atoms with Crippen molar-refractivity contribution < 1.29 is 0 Å². The number of aromatic nitrogens is 3. The first-order valence-electron chi connectivity index (χ1n) is 5.09. The molecule has 3 rings (SSSR count). The van der Waals surface area contributed by atoms with E-state index in [1.807, 2.05) is 41.1 Å². The van der Waals surface area contributed by atoms with Gasteiger partial charge in [-0.15, -0.1) is 0 Å². The number of hydrogen-bond acceptors (Lipinski definition) is 3. The predicted octanol–water partition coefficient (Wildman–Crippen LogP) is 2.77. The van der Waals surface area contributed by atoms with E-state index in [2.05, 4.69) is 25.9 Å². The summed E-state index contributed by atoms with van der Waals surface area (Å²) >= 11 is 3.46. The van der Waals surface area contributed by atoms with Gasteiger partial charge >= 0.3 is 0 Å². The van der Waals surface area contributed by atoms with Crippen molar-refractivity contribution >= 4 is 32.9 Å². The summed E-state index contributed by atoms with van der Waals surface area (Å²) < 4.78 is 3.01. The van der Waals surface area contributed by atoms with Crippen LogP contribution < -0.4 is 5.73 Å². The quantitative estimate of drug-likeness (QED) is 0.749. The summed E-state index contributed by atoms with van der Waals surface area (Å²) in [6.07, 6.45) is 3.69. The molecule has 0 radical (unpaired) electrons. The van der Waals surface area contributed by atoms with Crippen molar-refractivity contribution in [1.82, 2.24) is 14.5 Å². The van der Waals surface area contributed by atoms with Crippen LogP contribution in [0.2, 0.25) is 0 Å². The Labute approximate surface area is 106 Å². The second-order valence-electron chi connectivity index (χ2n) is 3.67. The third kappa shape index (κ3) is 1.78. The van der Waals surface area contributed by atoms with Crippen molar-refractivity contribution in [3.05, 3.63) is 47.2 Å². The Morgan fingerprint density at radius 2 is 2.12 bits per heavy atom. The first kappa shape index (κ1) is 10.3. The molecule has 0 bridgehead atoms. The zero-order valence-corrected chi connectivity index (χ0v) is 10.4. The number of nitrogens with two attached hydrogens (primary N) is 1. The van der Waals surface area contributed by atoms with Crippen LogP contribution in [0.15, 0.2) is 47.2 Å². The molecule has 0 spiro atoms. The molecular formula is C12H9BrN4. The summed E-state index contributed by atoms with van der Waals surface area (Å²) in [4.78, 5) is 8.23. The van der Waals surface area contributed by atoms with Gasteiger partial charge in [-0.05, 0) is 24.3 Å². The summed E-state index contributed by atoms with van der Waals surface area (Å²) in [5.41, 5.74) is 7.47.